The van der Waals surface area contributed by atoms with Crippen LogP contribution >= 0.6 is 15.9 Å². The Balaban J connectivity index is 2.29. The van der Waals surface area contributed by atoms with Crippen LogP contribution in [0.15, 0.2) is 34.8 Å². The molecule has 0 fully saturated rings. The molecule has 0 spiro atoms. The van der Waals surface area contributed by atoms with E-state index in [9.17, 15) is 4.79 Å². The lowest BCUT2D eigenvalue weighted by Gasteiger charge is -2.04. The van der Waals surface area contributed by atoms with Crippen LogP contribution in [0.5, 0.6) is 0 Å². The fourth-order valence-corrected chi connectivity index (χ4v) is 1.68. The summed E-state index contributed by atoms with van der Waals surface area (Å²) in [6.07, 6.45) is 4.48. The molecule has 0 bridgehead atoms. The van der Waals surface area contributed by atoms with E-state index in [2.05, 4.69) is 21.2 Å². The van der Waals surface area contributed by atoms with Gasteiger partial charge in [-0.15, -0.1) is 0 Å². The number of nitrogens with one attached hydrogen (secondary N) is 1. The molecule has 0 heterocycles. The zero-order valence-electron chi connectivity index (χ0n) is 10.4. The van der Waals surface area contributed by atoms with Crippen LogP contribution in [0.1, 0.15) is 25.3 Å². The quantitative estimate of drug-likeness (QED) is 0.627. The van der Waals surface area contributed by atoms with Crippen molar-refractivity contribution < 1.29 is 9.90 Å². The van der Waals surface area contributed by atoms with Crippen LogP contribution < -0.4 is 5.32 Å². The Hall–Kier alpha value is -1.13. The minimum atomic E-state index is -0.305. The first-order chi connectivity index (χ1) is 8.58. The highest BCUT2D eigenvalue weighted by Crippen LogP contribution is 2.11. The Labute approximate surface area is 116 Å². The number of hydrogen-bond acceptors (Lipinski definition) is 2. The molecule has 1 unspecified atom stereocenters. The molecule has 1 amide bonds. The second-order valence-corrected chi connectivity index (χ2v) is 5.08. The first kappa shape index (κ1) is 14.9. The molecule has 0 saturated carbocycles. The van der Waals surface area contributed by atoms with Crippen LogP contribution in [-0.4, -0.2) is 23.7 Å². The highest BCUT2D eigenvalue weighted by Gasteiger charge is 1.97. The van der Waals surface area contributed by atoms with Crippen molar-refractivity contribution in [3.8, 4) is 0 Å². The molecule has 4 heteroatoms. The average Bonchev–Trinajstić information content (AvgIpc) is 2.34. The SMILES string of the molecule is CC(O)CCCNC(=O)/C=C/c1ccc(Br)cc1. The summed E-state index contributed by atoms with van der Waals surface area (Å²) in [5.41, 5.74) is 0.984. The van der Waals surface area contributed by atoms with E-state index in [0.717, 1.165) is 16.5 Å². The van der Waals surface area contributed by atoms with Gasteiger partial charge in [0.05, 0.1) is 6.10 Å². The predicted octanol–water partition coefficient (Wildman–Crippen LogP) is 2.74. The number of aliphatic hydroxyl groups is 1. The second kappa shape index (κ2) is 8.06. The summed E-state index contributed by atoms with van der Waals surface area (Å²) >= 11 is 3.36. The third-order valence-electron chi connectivity index (χ3n) is 2.40. The molecule has 1 atom stereocenters. The van der Waals surface area contributed by atoms with E-state index in [0.29, 0.717) is 13.0 Å². The van der Waals surface area contributed by atoms with Gasteiger partial charge in [-0.1, -0.05) is 28.1 Å². The van der Waals surface area contributed by atoms with E-state index in [-0.39, 0.29) is 12.0 Å². The number of aliphatic hydroxyl groups excluding tert-OH is 1. The molecule has 2 N–H and O–H groups in total. The van der Waals surface area contributed by atoms with Gasteiger partial charge in [-0.3, -0.25) is 4.79 Å². The number of halogens is 1. The monoisotopic (exact) mass is 311 g/mol. The molecule has 18 heavy (non-hydrogen) atoms. The summed E-state index contributed by atoms with van der Waals surface area (Å²) in [4.78, 5) is 11.5. The van der Waals surface area contributed by atoms with Crippen molar-refractivity contribution in [2.24, 2.45) is 0 Å². The van der Waals surface area contributed by atoms with Gasteiger partial charge < -0.3 is 10.4 Å². The standard InChI is InChI=1S/C14H18BrNO2/c1-11(17)3-2-10-16-14(18)9-6-12-4-7-13(15)8-5-12/h4-9,11,17H,2-3,10H2,1H3,(H,16,18)/b9-6+. The lowest BCUT2D eigenvalue weighted by Crippen LogP contribution is -2.22. The molecule has 0 aliphatic rings. The number of hydrogen-bond donors (Lipinski definition) is 2. The second-order valence-electron chi connectivity index (χ2n) is 4.17. The Morgan fingerprint density at radius 2 is 2.11 bits per heavy atom. The Morgan fingerprint density at radius 3 is 2.72 bits per heavy atom. The Bertz CT molecular complexity index is 399. The molecule has 1 aromatic rings. The van der Waals surface area contributed by atoms with Crippen molar-refractivity contribution in [2.75, 3.05) is 6.54 Å². The molecular formula is C14H18BrNO2. The topological polar surface area (TPSA) is 49.3 Å². The molecule has 0 aliphatic heterocycles. The number of carbonyl (C=O) groups excluding carboxylic acids is 1. The third-order valence-corrected chi connectivity index (χ3v) is 2.92. The maximum absolute atomic E-state index is 11.5. The van der Waals surface area contributed by atoms with Gasteiger partial charge in [-0.2, -0.15) is 0 Å². The van der Waals surface area contributed by atoms with E-state index < -0.39 is 0 Å². The highest BCUT2D eigenvalue weighted by atomic mass is 79.9. The number of amides is 1. The zero-order valence-corrected chi connectivity index (χ0v) is 12.0. The molecule has 1 rings (SSSR count). The minimum absolute atomic E-state index is 0.108. The predicted molar refractivity (Wildman–Crippen MR) is 77.1 cm³/mol. The van der Waals surface area contributed by atoms with Gasteiger partial charge in [0, 0.05) is 17.1 Å². The number of rotatable bonds is 6. The normalized spacial score (nSPS) is 12.6. The zero-order chi connectivity index (χ0) is 13.4. The Kier molecular flexibility index (Phi) is 6.68. The van der Waals surface area contributed by atoms with E-state index in [1.54, 1.807) is 13.0 Å². The maximum Gasteiger partial charge on any atom is 0.243 e. The van der Waals surface area contributed by atoms with Crippen LogP contribution in [0.2, 0.25) is 0 Å². The van der Waals surface area contributed by atoms with Gasteiger partial charge >= 0.3 is 0 Å². The van der Waals surface area contributed by atoms with Crippen molar-refractivity contribution in [3.63, 3.8) is 0 Å². The smallest absolute Gasteiger partial charge is 0.243 e. The summed E-state index contributed by atoms with van der Waals surface area (Å²) in [6, 6.07) is 7.73. The van der Waals surface area contributed by atoms with E-state index in [4.69, 9.17) is 5.11 Å². The first-order valence-corrected chi connectivity index (χ1v) is 6.77. The van der Waals surface area contributed by atoms with Gasteiger partial charge in [-0.05, 0) is 43.5 Å². The van der Waals surface area contributed by atoms with Crippen molar-refractivity contribution in [1.82, 2.24) is 5.32 Å². The Morgan fingerprint density at radius 1 is 1.44 bits per heavy atom. The fraction of sp³-hybridized carbons (Fsp3) is 0.357. The summed E-state index contributed by atoms with van der Waals surface area (Å²) in [7, 11) is 0. The van der Waals surface area contributed by atoms with E-state index in [1.165, 1.54) is 6.08 Å². The van der Waals surface area contributed by atoms with Gasteiger partial charge in [-0.25, -0.2) is 0 Å². The van der Waals surface area contributed by atoms with Gasteiger partial charge in [0.2, 0.25) is 5.91 Å². The van der Waals surface area contributed by atoms with Crippen LogP contribution in [0.3, 0.4) is 0 Å². The molecule has 3 nitrogen and oxygen atoms in total. The van der Waals surface area contributed by atoms with Crippen LogP contribution in [0.4, 0.5) is 0 Å². The van der Waals surface area contributed by atoms with E-state index in [1.807, 2.05) is 24.3 Å². The first-order valence-electron chi connectivity index (χ1n) is 5.97. The summed E-state index contributed by atoms with van der Waals surface area (Å²) in [5, 5.41) is 11.8. The molecule has 98 valence electrons. The van der Waals surface area contributed by atoms with E-state index >= 15 is 0 Å². The number of benzene rings is 1. The maximum atomic E-state index is 11.5. The minimum Gasteiger partial charge on any atom is -0.393 e. The fourth-order valence-electron chi connectivity index (χ4n) is 1.41. The van der Waals surface area contributed by atoms with Crippen LogP contribution in [0.25, 0.3) is 6.08 Å². The van der Waals surface area contributed by atoms with Crippen molar-refractivity contribution in [3.05, 3.63) is 40.4 Å². The van der Waals surface area contributed by atoms with Gasteiger partial charge in [0.15, 0.2) is 0 Å². The molecule has 0 radical (unpaired) electrons. The molecule has 0 aliphatic carbocycles. The van der Waals surface area contributed by atoms with Gasteiger partial charge in [0.25, 0.3) is 0 Å². The highest BCUT2D eigenvalue weighted by molar-refractivity contribution is 9.10. The van der Waals surface area contributed by atoms with Gasteiger partial charge in [0.1, 0.15) is 0 Å². The summed E-state index contributed by atoms with van der Waals surface area (Å²) in [6.45, 7) is 2.34. The molecular weight excluding hydrogens is 294 g/mol. The van der Waals surface area contributed by atoms with Crippen molar-refractivity contribution in [2.45, 2.75) is 25.9 Å². The third kappa shape index (κ3) is 6.57. The lowest BCUT2D eigenvalue weighted by atomic mass is 10.2. The molecule has 0 aromatic heterocycles. The largest absolute Gasteiger partial charge is 0.393 e. The number of carbonyl (C=O) groups is 1. The summed E-state index contributed by atoms with van der Waals surface area (Å²) in [5.74, 6) is -0.108. The van der Waals surface area contributed by atoms with Crippen LogP contribution in [-0.2, 0) is 4.79 Å². The summed E-state index contributed by atoms with van der Waals surface area (Å²) < 4.78 is 1.02. The van der Waals surface area contributed by atoms with Crippen LogP contribution in [0, 0.1) is 0 Å². The van der Waals surface area contributed by atoms with Crippen molar-refractivity contribution in [1.29, 1.82) is 0 Å². The molecule has 0 saturated heterocycles. The van der Waals surface area contributed by atoms with Crippen molar-refractivity contribution >= 4 is 27.9 Å². The lowest BCUT2D eigenvalue weighted by molar-refractivity contribution is -0.116. The molecule has 1 aromatic carbocycles. The average molecular weight is 312 g/mol.